The van der Waals surface area contributed by atoms with Gasteiger partial charge in [-0.25, -0.2) is 0 Å². The van der Waals surface area contributed by atoms with Crippen LogP contribution in [0.1, 0.15) is 47.9 Å². The van der Waals surface area contributed by atoms with Gasteiger partial charge in [-0.05, 0) is 24.5 Å². The molecular weight excluding hydrogens is 306 g/mol. The number of carboxylic acid groups (broad SMARTS) is 1. The summed E-state index contributed by atoms with van der Waals surface area (Å²) in [4.78, 5) is 25.4. The smallest absolute Gasteiger partial charge is 0.303 e. The largest absolute Gasteiger partial charge is 0.481 e. The molecule has 1 heterocycles. The molecule has 1 aromatic heterocycles. The molecule has 0 unspecified atom stereocenters. The SMILES string of the molecule is CCCc1occc1C(=O)N(CCCC(=O)O)Cc1ccccc1. The molecule has 0 aliphatic heterocycles. The molecular formula is C19H23NO4. The van der Waals surface area contributed by atoms with Crippen LogP contribution in [-0.2, 0) is 17.8 Å². The predicted molar refractivity (Wildman–Crippen MR) is 90.8 cm³/mol. The number of aryl methyl sites for hydroxylation is 1. The number of carboxylic acids is 1. The lowest BCUT2D eigenvalue weighted by Crippen LogP contribution is -2.32. The predicted octanol–water partition coefficient (Wildman–Crippen LogP) is 3.74. The summed E-state index contributed by atoms with van der Waals surface area (Å²) in [5, 5.41) is 8.83. The van der Waals surface area contributed by atoms with Crippen LogP contribution >= 0.6 is 0 Å². The number of carbonyl (C=O) groups is 2. The van der Waals surface area contributed by atoms with Crippen LogP contribution in [0.4, 0.5) is 0 Å². The quantitative estimate of drug-likeness (QED) is 0.761. The van der Waals surface area contributed by atoms with Crippen LogP contribution in [0.15, 0.2) is 47.1 Å². The fourth-order valence-electron chi connectivity index (χ4n) is 2.60. The van der Waals surface area contributed by atoms with Gasteiger partial charge in [-0.1, -0.05) is 37.3 Å². The third-order valence-corrected chi connectivity index (χ3v) is 3.78. The minimum Gasteiger partial charge on any atom is -0.481 e. The van der Waals surface area contributed by atoms with Crippen LogP contribution < -0.4 is 0 Å². The molecule has 128 valence electrons. The highest BCUT2D eigenvalue weighted by Gasteiger charge is 2.21. The zero-order valence-electron chi connectivity index (χ0n) is 13.9. The lowest BCUT2D eigenvalue weighted by Gasteiger charge is -2.22. The Kier molecular flexibility index (Phi) is 6.61. The first-order valence-electron chi connectivity index (χ1n) is 8.23. The minimum absolute atomic E-state index is 0.0474. The van der Waals surface area contributed by atoms with E-state index in [-0.39, 0.29) is 12.3 Å². The molecule has 0 aliphatic carbocycles. The van der Waals surface area contributed by atoms with Gasteiger partial charge in [0.1, 0.15) is 5.76 Å². The monoisotopic (exact) mass is 329 g/mol. The van der Waals surface area contributed by atoms with E-state index >= 15 is 0 Å². The van der Waals surface area contributed by atoms with Crippen molar-refractivity contribution in [2.45, 2.75) is 39.2 Å². The number of furan rings is 1. The van der Waals surface area contributed by atoms with Crippen LogP contribution in [0.2, 0.25) is 0 Å². The van der Waals surface area contributed by atoms with Gasteiger partial charge < -0.3 is 14.4 Å². The molecule has 5 heteroatoms. The number of carbonyl (C=O) groups excluding carboxylic acids is 1. The van der Waals surface area contributed by atoms with Gasteiger partial charge in [-0.15, -0.1) is 0 Å². The van der Waals surface area contributed by atoms with Gasteiger partial charge in [0.2, 0.25) is 0 Å². The van der Waals surface area contributed by atoms with Gasteiger partial charge in [0, 0.05) is 25.9 Å². The highest BCUT2D eigenvalue weighted by Crippen LogP contribution is 2.17. The minimum atomic E-state index is -0.850. The molecule has 2 rings (SSSR count). The maximum atomic E-state index is 12.9. The van der Waals surface area contributed by atoms with E-state index in [1.165, 1.54) is 6.26 Å². The average Bonchev–Trinajstić information content (AvgIpc) is 3.02. The van der Waals surface area contributed by atoms with Crippen molar-refractivity contribution < 1.29 is 19.1 Å². The van der Waals surface area contributed by atoms with Gasteiger partial charge >= 0.3 is 5.97 Å². The summed E-state index contributed by atoms with van der Waals surface area (Å²) in [6.45, 7) is 2.89. The number of nitrogens with zero attached hydrogens (tertiary/aromatic N) is 1. The van der Waals surface area contributed by atoms with Crippen LogP contribution in [0, 0.1) is 0 Å². The molecule has 0 atom stereocenters. The van der Waals surface area contributed by atoms with Gasteiger partial charge in [0.15, 0.2) is 0 Å². The van der Waals surface area contributed by atoms with E-state index in [9.17, 15) is 9.59 Å². The molecule has 1 amide bonds. The van der Waals surface area contributed by atoms with E-state index in [0.717, 1.165) is 12.0 Å². The molecule has 0 radical (unpaired) electrons. The summed E-state index contributed by atoms with van der Waals surface area (Å²) in [5.74, 6) is -0.266. The molecule has 1 aromatic carbocycles. The average molecular weight is 329 g/mol. The first-order chi connectivity index (χ1) is 11.6. The van der Waals surface area contributed by atoms with Crippen LogP contribution in [0.25, 0.3) is 0 Å². The fourth-order valence-corrected chi connectivity index (χ4v) is 2.60. The Hall–Kier alpha value is -2.56. The van der Waals surface area contributed by atoms with Gasteiger partial charge in [-0.3, -0.25) is 9.59 Å². The van der Waals surface area contributed by atoms with Crippen molar-refractivity contribution in [3.8, 4) is 0 Å². The van der Waals surface area contributed by atoms with Crippen molar-refractivity contribution in [2.24, 2.45) is 0 Å². The highest BCUT2D eigenvalue weighted by atomic mass is 16.4. The van der Waals surface area contributed by atoms with Gasteiger partial charge in [-0.2, -0.15) is 0 Å². The molecule has 0 bridgehead atoms. The molecule has 0 spiro atoms. The second-order valence-corrected chi connectivity index (χ2v) is 5.72. The van der Waals surface area contributed by atoms with Crippen LogP contribution in [-0.4, -0.2) is 28.4 Å². The summed E-state index contributed by atoms with van der Waals surface area (Å²) < 4.78 is 5.43. The molecule has 0 aliphatic rings. The van der Waals surface area contributed by atoms with Gasteiger partial charge in [0.05, 0.1) is 11.8 Å². The summed E-state index contributed by atoms with van der Waals surface area (Å²) in [5.41, 5.74) is 1.59. The standard InChI is InChI=1S/C19H23NO4/c1-2-7-17-16(11-13-24-17)19(23)20(12-6-10-18(21)22)14-15-8-4-3-5-9-15/h3-5,8-9,11,13H,2,6-7,10,12,14H2,1H3,(H,21,22). The van der Waals surface area contributed by atoms with Crippen molar-refractivity contribution >= 4 is 11.9 Å². The maximum Gasteiger partial charge on any atom is 0.303 e. The molecule has 24 heavy (non-hydrogen) atoms. The highest BCUT2D eigenvalue weighted by molar-refractivity contribution is 5.95. The Morgan fingerprint density at radius 2 is 1.92 bits per heavy atom. The second-order valence-electron chi connectivity index (χ2n) is 5.72. The molecule has 2 aromatic rings. The zero-order valence-corrected chi connectivity index (χ0v) is 13.9. The van der Waals surface area contributed by atoms with E-state index in [2.05, 4.69) is 0 Å². The Labute approximate surface area is 141 Å². The summed E-state index contributed by atoms with van der Waals surface area (Å²) in [6, 6.07) is 11.4. The maximum absolute atomic E-state index is 12.9. The molecule has 1 N–H and O–H groups in total. The third-order valence-electron chi connectivity index (χ3n) is 3.78. The molecule has 0 fully saturated rings. The summed E-state index contributed by atoms with van der Waals surface area (Å²) >= 11 is 0. The molecule has 0 saturated carbocycles. The van der Waals surface area contributed by atoms with E-state index < -0.39 is 5.97 Å². The van der Waals surface area contributed by atoms with E-state index in [1.54, 1.807) is 11.0 Å². The van der Waals surface area contributed by atoms with E-state index in [0.29, 0.717) is 37.3 Å². The number of hydrogen-bond donors (Lipinski definition) is 1. The zero-order chi connectivity index (χ0) is 17.4. The topological polar surface area (TPSA) is 70.8 Å². The number of benzene rings is 1. The fraction of sp³-hybridized carbons (Fsp3) is 0.368. The van der Waals surface area contributed by atoms with Crippen molar-refractivity contribution in [1.29, 1.82) is 0 Å². The second kappa shape index (κ2) is 8.91. The van der Waals surface area contributed by atoms with Gasteiger partial charge in [0.25, 0.3) is 5.91 Å². The lowest BCUT2D eigenvalue weighted by molar-refractivity contribution is -0.137. The molecule has 0 saturated heterocycles. The Bertz CT molecular complexity index is 663. The van der Waals surface area contributed by atoms with Crippen LogP contribution in [0.5, 0.6) is 0 Å². The van der Waals surface area contributed by atoms with Crippen LogP contribution in [0.3, 0.4) is 0 Å². The lowest BCUT2D eigenvalue weighted by atomic mass is 10.1. The van der Waals surface area contributed by atoms with E-state index in [4.69, 9.17) is 9.52 Å². The van der Waals surface area contributed by atoms with Crippen molar-refractivity contribution in [3.05, 3.63) is 59.5 Å². The van der Waals surface area contributed by atoms with E-state index in [1.807, 2.05) is 37.3 Å². The van der Waals surface area contributed by atoms with Crippen molar-refractivity contribution in [1.82, 2.24) is 4.90 Å². The summed E-state index contributed by atoms with van der Waals surface area (Å²) in [7, 11) is 0. The van der Waals surface area contributed by atoms with Crippen molar-refractivity contribution in [3.63, 3.8) is 0 Å². The number of aliphatic carboxylic acids is 1. The Balaban J connectivity index is 2.15. The normalized spacial score (nSPS) is 10.5. The first-order valence-corrected chi connectivity index (χ1v) is 8.23. The Morgan fingerprint density at radius 1 is 1.17 bits per heavy atom. The first kappa shape index (κ1) is 17.8. The Morgan fingerprint density at radius 3 is 2.58 bits per heavy atom. The molecule has 5 nitrogen and oxygen atoms in total. The van der Waals surface area contributed by atoms with Crippen molar-refractivity contribution in [2.75, 3.05) is 6.54 Å². The summed E-state index contributed by atoms with van der Waals surface area (Å²) in [6.07, 6.45) is 3.62. The number of hydrogen-bond acceptors (Lipinski definition) is 3. The number of rotatable bonds is 9. The number of amides is 1. The third kappa shape index (κ3) is 4.98.